The molecule has 0 radical (unpaired) electrons. The molecule has 28 heavy (non-hydrogen) atoms. The Balaban J connectivity index is 1.75. The van der Waals surface area contributed by atoms with Gasteiger partial charge in [-0.05, 0) is 24.6 Å². The number of halogens is 2. The molecule has 0 unspecified atom stereocenters. The van der Waals surface area contributed by atoms with Crippen LogP contribution in [0, 0.1) is 0 Å². The summed E-state index contributed by atoms with van der Waals surface area (Å²) in [5, 5.41) is 1.91. The van der Waals surface area contributed by atoms with E-state index in [2.05, 4.69) is 26.6 Å². The van der Waals surface area contributed by atoms with Crippen LogP contribution in [0.15, 0.2) is 41.3 Å². The lowest BCUT2D eigenvalue weighted by molar-refractivity contribution is 0.312. The molecule has 3 heterocycles. The van der Waals surface area contributed by atoms with Crippen molar-refractivity contribution < 1.29 is 8.42 Å². The minimum Gasteiger partial charge on any atom is -0.353 e. The number of anilines is 2. The number of thiophene rings is 1. The third-order valence-corrected chi connectivity index (χ3v) is 7.78. The van der Waals surface area contributed by atoms with Gasteiger partial charge in [-0.1, -0.05) is 47.5 Å². The van der Waals surface area contributed by atoms with E-state index in [1.54, 1.807) is 6.07 Å². The van der Waals surface area contributed by atoms with Crippen molar-refractivity contribution in [2.75, 3.05) is 42.8 Å². The number of rotatable bonds is 4. The summed E-state index contributed by atoms with van der Waals surface area (Å²) in [5.41, 5.74) is 0. The van der Waals surface area contributed by atoms with Gasteiger partial charge in [-0.25, -0.2) is 13.4 Å². The van der Waals surface area contributed by atoms with Gasteiger partial charge in [0.25, 0.3) is 10.0 Å². The molecule has 1 N–H and O–H groups in total. The number of likely N-dealkylation sites (N-methyl/N-ethyl adjacent to an activating group) is 1. The number of pyridine rings is 1. The third kappa shape index (κ3) is 3.92. The molecule has 1 saturated heterocycles. The largest absolute Gasteiger partial charge is 0.353 e. The van der Waals surface area contributed by atoms with Crippen LogP contribution < -0.4 is 9.62 Å². The Morgan fingerprint density at radius 2 is 1.82 bits per heavy atom. The quantitative estimate of drug-likeness (QED) is 0.638. The van der Waals surface area contributed by atoms with Crippen LogP contribution in [0.2, 0.25) is 8.67 Å². The molecule has 0 aliphatic carbocycles. The fourth-order valence-corrected chi connectivity index (χ4v) is 6.34. The monoisotopic (exact) mass is 456 g/mol. The molecule has 1 aromatic carbocycles. The zero-order valence-corrected chi connectivity index (χ0v) is 18.2. The van der Waals surface area contributed by atoms with E-state index < -0.39 is 10.0 Å². The number of fused-ring (bicyclic) bond motifs is 1. The predicted octanol–water partition coefficient (Wildman–Crippen LogP) is 4.16. The van der Waals surface area contributed by atoms with Gasteiger partial charge in [0.05, 0.1) is 4.34 Å². The lowest BCUT2D eigenvalue weighted by atomic mass is 10.1. The highest BCUT2D eigenvalue weighted by atomic mass is 35.5. The molecule has 6 nitrogen and oxygen atoms in total. The van der Waals surface area contributed by atoms with Crippen molar-refractivity contribution in [2.24, 2.45) is 0 Å². The van der Waals surface area contributed by atoms with Gasteiger partial charge in [0.2, 0.25) is 0 Å². The van der Waals surface area contributed by atoms with Gasteiger partial charge in [-0.3, -0.25) is 4.72 Å². The van der Waals surface area contributed by atoms with Gasteiger partial charge in [0.15, 0.2) is 0 Å². The highest BCUT2D eigenvalue weighted by Crippen LogP contribution is 2.36. The SMILES string of the molecule is CN1CCN(c2nc(NS(=O)(=O)c3cc(Cl)sc3Cl)cc3ccccc23)CC1. The molecule has 3 aromatic rings. The Kier molecular flexibility index (Phi) is 5.41. The summed E-state index contributed by atoms with van der Waals surface area (Å²) in [6.45, 7) is 3.51. The highest BCUT2D eigenvalue weighted by molar-refractivity contribution is 7.93. The maximum Gasteiger partial charge on any atom is 0.265 e. The summed E-state index contributed by atoms with van der Waals surface area (Å²) in [7, 11) is -1.81. The molecule has 1 aliphatic heterocycles. The second-order valence-corrected chi connectivity index (χ2v) is 10.6. The van der Waals surface area contributed by atoms with Crippen molar-refractivity contribution in [2.45, 2.75) is 4.90 Å². The molecule has 0 bridgehead atoms. The molecular formula is C18H18Cl2N4O2S2. The van der Waals surface area contributed by atoms with E-state index in [0.717, 1.165) is 54.1 Å². The summed E-state index contributed by atoms with van der Waals surface area (Å²) < 4.78 is 28.6. The van der Waals surface area contributed by atoms with Crippen LogP contribution in [0.5, 0.6) is 0 Å². The van der Waals surface area contributed by atoms with Gasteiger partial charge in [0, 0.05) is 31.6 Å². The van der Waals surface area contributed by atoms with E-state index in [-0.39, 0.29) is 15.0 Å². The van der Waals surface area contributed by atoms with Gasteiger partial charge in [0.1, 0.15) is 20.9 Å². The second-order valence-electron chi connectivity index (χ2n) is 6.64. The smallest absolute Gasteiger partial charge is 0.265 e. The minimum atomic E-state index is -3.89. The Hall–Kier alpha value is -1.58. The number of nitrogens with one attached hydrogen (secondary N) is 1. The maximum atomic E-state index is 12.8. The topological polar surface area (TPSA) is 65.5 Å². The van der Waals surface area contributed by atoms with Crippen LogP contribution in [-0.4, -0.2) is 51.5 Å². The van der Waals surface area contributed by atoms with Crippen molar-refractivity contribution >= 4 is 67.0 Å². The first kappa shape index (κ1) is 19.7. The van der Waals surface area contributed by atoms with E-state index in [0.29, 0.717) is 4.34 Å². The van der Waals surface area contributed by atoms with E-state index in [9.17, 15) is 8.42 Å². The number of aromatic nitrogens is 1. The average Bonchev–Trinajstić information content (AvgIpc) is 3.00. The first-order valence-electron chi connectivity index (χ1n) is 8.64. The zero-order chi connectivity index (χ0) is 19.9. The molecule has 1 aliphatic rings. The Morgan fingerprint density at radius 1 is 1.11 bits per heavy atom. The minimum absolute atomic E-state index is 0.0414. The summed E-state index contributed by atoms with van der Waals surface area (Å²) in [6, 6.07) is 10.9. The average molecular weight is 457 g/mol. The molecule has 148 valence electrons. The number of hydrogen-bond acceptors (Lipinski definition) is 6. The summed E-state index contributed by atoms with van der Waals surface area (Å²) in [4.78, 5) is 9.05. The first-order valence-corrected chi connectivity index (χ1v) is 11.7. The van der Waals surface area contributed by atoms with Gasteiger partial charge in [-0.15, -0.1) is 11.3 Å². The summed E-state index contributed by atoms with van der Waals surface area (Å²) >= 11 is 13.0. The van der Waals surface area contributed by atoms with Crippen molar-refractivity contribution in [3.8, 4) is 0 Å². The van der Waals surface area contributed by atoms with E-state index in [1.165, 1.54) is 6.07 Å². The fraction of sp³-hybridized carbons (Fsp3) is 0.278. The van der Waals surface area contributed by atoms with Crippen molar-refractivity contribution in [3.05, 3.63) is 45.1 Å². The van der Waals surface area contributed by atoms with Crippen LogP contribution in [0.25, 0.3) is 10.8 Å². The van der Waals surface area contributed by atoms with Crippen LogP contribution >= 0.6 is 34.5 Å². The number of hydrogen-bond donors (Lipinski definition) is 1. The molecule has 1 fully saturated rings. The van der Waals surface area contributed by atoms with Crippen LogP contribution in [-0.2, 0) is 10.0 Å². The molecule has 2 aromatic heterocycles. The van der Waals surface area contributed by atoms with Crippen LogP contribution in [0.4, 0.5) is 11.6 Å². The van der Waals surface area contributed by atoms with Gasteiger partial charge < -0.3 is 9.80 Å². The Labute approximate surface area is 177 Å². The van der Waals surface area contributed by atoms with Crippen molar-refractivity contribution in [3.63, 3.8) is 0 Å². The maximum absolute atomic E-state index is 12.8. The normalized spacial score (nSPS) is 15.9. The summed E-state index contributed by atoms with van der Waals surface area (Å²) in [5.74, 6) is 1.03. The van der Waals surface area contributed by atoms with Crippen molar-refractivity contribution in [1.29, 1.82) is 0 Å². The predicted molar refractivity (Wildman–Crippen MR) is 117 cm³/mol. The molecule has 10 heteroatoms. The van der Waals surface area contributed by atoms with E-state index in [4.69, 9.17) is 23.2 Å². The molecule has 0 amide bonds. The molecule has 0 saturated carbocycles. The third-order valence-electron chi connectivity index (χ3n) is 4.68. The molecular weight excluding hydrogens is 439 g/mol. The van der Waals surface area contributed by atoms with Gasteiger partial charge >= 0.3 is 0 Å². The molecule has 0 atom stereocenters. The lowest BCUT2D eigenvalue weighted by Crippen LogP contribution is -2.45. The van der Waals surface area contributed by atoms with Crippen molar-refractivity contribution in [1.82, 2.24) is 9.88 Å². The number of piperazine rings is 1. The number of sulfonamides is 1. The van der Waals surface area contributed by atoms with E-state index >= 15 is 0 Å². The van der Waals surface area contributed by atoms with Crippen LogP contribution in [0.3, 0.4) is 0 Å². The Morgan fingerprint density at radius 3 is 2.50 bits per heavy atom. The van der Waals surface area contributed by atoms with E-state index in [1.807, 2.05) is 24.3 Å². The first-order chi connectivity index (χ1) is 13.3. The fourth-order valence-electron chi connectivity index (χ4n) is 3.19. The molecule has 4 rings (SSSR count). The molecule has 0 spiro atoms. The zero-order valence-electron chi connectivity index (χ0n) is 15.0. The second kappa shape index (κ2) is 7.68. The number of benzene rings is 1. The lowest BCUT2D eigenvalue weighted by Gasteiger charge is -2.34. The van der Waals surface area contributed by atoms with Crippen LogP contribution in [0.1, 0.15) is 0 Å². The highest BCUT2D eigenvalue weighted by Gasteiger charge is 2.23. The summed E-state index contributed by atoms with van der Waals surface area (Å²) in [6.07, 6.45) is 0. The number of nitrogens with zero attached hydrogens (tertiary/aromatic N) is 3. The standard InChI is InChI=1S/C18H18Cl2N4O2S2/c1-23-6-8-24(9-7-23)18-13-5-3-2-4-12(13)10-16(21-18)22-28(25,26)14-11-15(19)27-17(14)20/h2-5,10-11H,6-9H2,1H3,(H,21,22). The Bertz CT molecular complexity index is 1130. The van der Waals surface area contributed by atoms with Gasteiger partial charge in [-0.2, -0.15) is 0 Å².